The van der Waals surface area contributed by atoms with Gasteiger partial charge in [-0.1, -0.05) is 26.2 Å². The summed E-state index contributed by atoms with van der Waals surface area (Å²) in [6.45, 7) is 2.60. The zero-order valence-electron chi connectivity index (χ0n) is 16.3. The number of methoxy groups -OCH3 is 1. The maximum absolute atomic E-state index is 12.6. The third-order valence-electron chi connectivity index (χ3n) is 5.13. The van der Waals surface area contributed by atoms with Crippen LogP contribution in [-0.2, 0) is 11.3 Å². The molecule has 0 bridgehead atoms. The number of aromatic amines is 1. The summed E-state index contributed by atoms with van der Waals surface area (Å²) in [6.07, 6.45) is 8.01. The largest absolute Gasteiger partial charge is 0.494 e. The van der Waals surface area contributed by atoms with Crippen LogP contribution in [0.3, 0.4) is 0 Å². The molecule has 9 heteroatoms. The summed E-state index contributed by atoms with van der Waals surface area (Å²) in [5.41, 5.74) is 0.196. The maximum atomic E-state index is 12.6. The Kier molecular flexibility index (Phi) is 6.79. The highest BCUT2D eigenvalue weighted by Gasteiger charge is 2.21. The summed E-state index contributed by atoms with van der Waals surface area (Å²) in [5, 5.41) is 15.2. The lowest BCUT2D eigenvalue weighted by molar-refractivity contribution is 0.182. The first-order valence-electron chi connectivity index (χ1n) is 9.73. The molecule has 0 spiro atoms. The summed E-state index contributed by atoms with van der Waals surface area (Å²) < 4.78 is 8.63. The molecule has 0 aliphatic heterocycles. The van der Waals surface area contributed by atoms with E-state index in [-0.39, 0.29) is 16.2 Å². The van der Waals surface area contributed by atoms with Gasteiger partial charge in [0.2, 0.25) is 5.88 Å². The molecule has 3 rings (SSSR count). The zero-order chi connectivity index (χ0) is 20.1. The van der Waals surface area contributed by atoms with Crippen molar-refractivity contribution in [1.29, 1.82) is 0 Å². The van der Waals surface area contributed by atoms with Crippen LogP contribution in [0.25, 0.3) is 0 Å². The Bertz CT molecular complexity index is 953. The molecular formula is C19H27N5O3S. The fraction of sp³-hybridized carbons (Fsp3) is 0.579. The van der Waals surface area contributed by atoms with Crippen LogP contribution < -0.4 is 5.56 Å². The Morgan fingerprint density at radius 3 is 2.86 bits per heavy atom. The van der Waals surface area contributed by atoms with Gasteiger partial charge in [0.05, 0.1) is 31.1 Å². The van der Waals surface area contributed by atoms with Crippen molar-refractivity contribution in [1.82, 2.24) is 19.3 Å². The van der Waals surface area contributed by atoms with Gasteiger partial charge in [-0.05, 0) is 31.5 Å². The topological polar surface area (TPSA) is 97.4 Å². The van der Waals surface area contributed by atoms with Crippen LogP contribution in [0.15, 0.2) is 22.1 Å². The van der Waals surface area contributed by atoms with Gasteiger partial charge in [0, 0.05) is 13.2 Å². The molecule has 0 aromatic carbocycles. The molecular weight excluding hydrogens is 378 g/mol. The minimum Gasteiger partial charge on any atom is -0.494 e. The van der Waals surface area contributed by atoms with Crippen molar-refractivity contribution in [3.8, 4) is 5.88 Å². The number of ether oxygens (including phenoxy) is 1. The quantitative estimate of drug-likeness (QED) is 0.543. The van der Waals surface area contributed by atoms with Crippen molar-refractivity contribution in [2.24, 2.45) is 4.99 Å². The smallest absolute Gasteiger partial charge is 0.264 e. The Labute approximate surface area is 168 Å². The molecule has 1 fully saturated rings. The van der Waals surface area contributed by atoms with Crippen molar-refractivity contribution in [3.05, 3.63) is 33.0 Å². The first-order valence-corrected chi connectivity index (χ1v) is 10.1. The van der Waals surface area contributed by atoms with Crippen LogP contribution in [0.4, 0.5) is 5.82 Å². The number of hydrogen-bond donors (Lipinski definition) is 2. The van der Waals surface area contributed by atoms with Crippen LogP contribution in [0.5, 0.6) is 5.88 Å². The molecule has 2 aromatic heterocycles. The molecule has 1 saturated carbocycles. The molecule has 0 radical (unpaired) electrons. The van der Waals surface area contributed by atoms with Crippen molar-refractivity contribution in [3.63, 3.8) is 0 Å². The number of rotatable bonds is 7. The third-order valence-corrected chi connectivity index (χ3v) is 5.46. The van der Waals surface area contributed by atoms with Crippen molar-refractivity contribution < 1.29 is 9.84 Å². The Morgan fingerprint density at radius 1 is 1.43 bits per heavy atom. The first kappa shape index (κ1) is 20.5. The highest BCUT2D eigenvalue weighted by atomic mass is 32.1. The second kappa shape index (κ2) is 9.29. The van der Waals surface area contributed by atoms with Gasteiger partial charge in [-0.2, -0.15) is 5.10 Å². The fourth-order valence-corrected chi connectivity index (χ4v) is 3.93. The standard InChI is InChI=1S/C19H27N5O3S/c1-3-14(16-17(25)22-19(28)23(18(16)26)11-12-27-2)21-15-9-10-20-24(15)13-7-5-4-6-8-13/h9-10,13,26H,3-8,11-12H2,1-2H3,(H,22,25,28)/b21-14+. The summed E-state index contributed by atoms with van der Waals surface area (Å²) in [5.74, 6) is 0.517. The van der Waals surface area contributed by atoms with E-state index < -0.39 is 5.56 Å². The van der Waals surface area contributed by atoms with Gasteiger partial charge in [-0.15, -0.1) is 0 Å². The van der Waals surface area contributed by atoms with Gasteiger partial charge in [0.25, 0.3) is 5.56 Å². The minimum absolute atomic E-state index is 0.142. The summed E-state index contributed by atoms with van der Waals surface area (Å²) >= 11 is 5.18. The van der Waals surface area contributed by atoms with E-state index in [0.29, 0.717) is 37.1 Å². The van der Waals surface area contributed by atoms with Gasteiger partial charge in [-0.25, -0.2) is 9.67 Å². The molecule has 2 heterocycles. The van der Waals surface area contributed by atoms with Gasteiger partial charge in [0.1, 0.15) is 5.56 Å². The average Bonchev–Trinajstić information content (AvgIpc) is 3.15. The molecule has 0 saturated heterocycles. The van der Waals surface area contributed by atoms with Crippen molar-refractivity contribution >= 4 is 23.7 Å². The third kappa shape index (κ3) is 4.25. The van der Waals surface area contributed by atoms with E-state index in [2.05, 4.69) is 10.1 Å². The van der Waals surface area contributed by atoms with Gasteiger partial charge >= 0.3 is 0 Å². The lowest BCUT2D eigenvalue weighted by atomic mass is 9.96. The second-order valence-electron chi connectivity index (χ2n) is 6.94. The fourth-order valence-electron chi connectivity index (χ4n) is 3.66. The molecule has 2 N–H and O–H groups in total. The molecule has 2 aromatic rings. The van der Waals surface area contributed by atoms with Crippen LogP contribution >= 0.6 is 12.2 Å². The first-order chi connectivity index (χ1) is 13.6. The number of nitrogens with zero attached hydrogens (tertiary/aromatic N) is 4. The normalized spacial score (nSPS) is 15.9. The maximum Gasteiger partial charge on any atom is 0.264 e. The molecule has 0 unspecified atom stereocenters. The van der Waals surface area contributed by atoms with E-state index >= 15 is 0 Å². The molecule has 0 amide bonds. The molecule has 0 atom stereocenters. The van der Waals surface area contributed by atoms with Crippen LogP contribution in [-0.4, -0.2) is 43.9 Å². The number of hydrogen-bond acceptors (Lipinski definition) is 6. The van der Waals surface area contributed by atoms with Crippen molar-refractivity contribution in [2.45, 2.75) is 58.0 Å². The van der Waals surface area contributed by atoms with Gasteiger partial charge < -0.3 is 9.84 Å². The lowest BCUT2D eigenvalue weighted by Crippen LogP contribution is -2.24. The number of aromatic nitrogens is 4. The van der Waals surface area contributed by atoms with E-state index in [1.807, 2.05) is 17.7 Å². The van der Waals surface area contributed by atoms with Gasteiger partial charge in [0.15, 0.2) is 10.6 Å². The molecule has 1 aliphatic rings. The highest BCUT2D eigenvalue weighted by Crippen LogP contribution is 2.31. The molecule has 28 heavy (non-hydrogen) atoms. The summed E-state index contributed by atoms with van der Waals surface area (Å²) in [6, 6.07) is 2.17. The number of aliphatic imine (C=N–C) groups is 1. The molecule has 8 nitrogen and oxygen atoms in total. The SMILES string of the molecule is CC/C(=N\c1ccnn1C1CCCCC1)c1c(O)n(CCOC)c(=S)[nH]c1=O. The molecule has 1 aliphatic carbocycles. The summed E-state index contributed by atoms with van der Waals surface area (Å²) in [4.78, 5) is 19.9. The Morgan fingerprint density at radius 2 is 2.18 bits per heavy atom. The predicted molar refractivity (Wildman–Crippen MR) is 110 cm³/mol. The molecule has 152 valence electrons. The van der Waals surface area contributed by atoms with Crippen LogP contribution in [0.2, 0.25) is 0 Å². The van der Waals surface area contributed by atoms with Crippen LogP contribution in [0.1, 0.15) is 57.1 Å². The van der Waals surface area contributed by atoms with E-state index in [0.717, 1.165) is 12.8 Å². The van der Waals surface area contributed by atoms with E-state index in [9.17, 15) is 9.90 Å². The van der Waals surface area contributed by atoms with E-state index in [1.54, 1.807) is 13.3 Å². The zero-order valence-corrected chi connectivity index (χ0v) is 17.2. The Balaban J connectivity index is 2.04. The average molecular weight is 406 g/mol. The predicted octanol–water partition coefficient (Wildman–Crippen LogP) is 3.49. The minimum atomic E-state index is -0.444. The highest BCUT2D eigenvalue weighted by molar-refractivity contribution is 7.71. The van der Waals surface area contributed by atoms with E-state index in [4.69, 9.17) is 21.9 Å². The number of H-pyrrole nitrogens is 1. The van der Waals surface area contributed by atoms with Crippen LogP contribution in [0, 0.1) is 4.77 Å². The van der Waals surface area contributed by atoms with Crippen molar-refractivity contribution in [2.75, 3.05) is 13.7 Å². The van der Waals surface area contributed by atoms with Gasteiger partial charge in [-0.3, -0.25) is 14.3 Å². The monoisotopic (exact) mass is 405 g/mol. The number of aromatic hydroxyl groups is 1. The lowest BCUT2D eigenvalue weighted by Gasteiger charge is -2.23. The summed E-state index contributed by atoms with van der Waals surface area (Å²) in [7, 11) is 1.57. The Hall–Kier alpha value is -2.26. The second-order valence-corrected chi connectivity index (χ2v) is 7.33. The van der Waals surface area contributed by atoms with E-state index in [1.165, 1.54) is 23.8 Å². The number of nitrogens with one attached hydrogen (secondary N) is 1.